The first-order valence-electron chi connectivity index (χ1n) is 4.70. The lowest BCUT2D eigenvalue weighted by molar-refractivity contribution is 0.101. The highest BCUT2D eigenvalue weighted by atomic mass is 16.1. The third-order valence-corrected chi connectivity index (χ3v) is 2.38. The van der Waals surface area contributed by atoms with E-state index in [9.17, 15) is 4.79 Å². The van der Waals surface area contributed by atoms with Crippen LogP contribution in [-0.4, -0.2) is 16.0 Å². The molecule has 0 aliphatic rings. The maximum absolute atomic E-state index is 11.1. The van der Waals surface area contributed by atoms with E-state index in [0.29, 0.717) is 0 Å². The summed E-state index contributed by atoms with van der Waals surface area (Å²) in [6, 6.07) is 5.65. The monoisotopic (exact) mass is 188 g/mol. The smallest absolute Gasteiger partial charge is 0.159 e. The van der Waals surface area contributed by atoms with E-state index in [2.05, 4.69) is 17.1 Å². The Labute approximate surface area is 82.1 Å². The third-order valence-electron chi connectivity index (χ3n) is 2.38. The number of aryl methyl sites for hydroxylation is 1. The van der Waals surface area contributed by atoms with Crippen LogP contribution in [0.2, 0.25) is 0 Å². The Kier molecular flexibility index (Phi) is 2.08. The number of nitrogens with zero attached hydrogens (tertiary/aromatic N) is 1. The van der Waals surface area contributed by atoms with Crippen molar-refractivity contribution in [2.45, 2.75) is 20.3 Å². The van der Waals surface area contributed by atoms with Gasteiger partial charge in [-0.25, -0.2) is 0 Å². The van der Waals surface area contributed by atoms with Crippen LogP contribution in [0.15, 0.2) is 18.2 Å². The van der Waals surface area contributed by atoms with Gasteiger partial charge in [-0.3, -0.25) is 9.89 Å². The van der Waals surface area contributed by atoms with Crippen molar-refractivity contribution in [1.29, 1.82) is 0 Å². The number of nitrogens with one attached hydrogen (secondary N) is 1. The number of carbonyl (C=O) groups excluding carboxylic acids is 1. The number of hydrogen-bond donors (Lipinski definition) is 1. The predicted molar refractivity (Wildman–Crippen MR) is 55.5 cm³/mol. The maximum atomic E-state index is 11.1. The van der Waals surface area contributed by atoms with Crippen molar-refractivity contribution in [3.8, 4) is 0 Å². The summed E-state index contributed by atoms with van der Waals surface area (Å²) < 4.78 is 0. The second-order valence-electron chi connectivity index (χ2n) is 3.34. The largest absolute Gasteiger partial charge is 0.295 e. The number of rotatable bonds is 2. The molecule has 0 atom stereocenters. The average Bonchev–Trinajstić information content (AvgIpc) is 2.59. The number of fused-ring (bicyclic) bond motifs is 1. The maximum Gasteiger partial charge on any atom is 0.159 e. The second kappa shape index (κ2) is 3.25. The SMILES string of the molecule is CCc1n[nH]c2cc(C(C)=O)ccc12. The zero-order valence-corrected chi connectivity index (χ0v) is 8.29. The molecule has 2 rings (SSSR count). The quantitative estimate of drug-likeness (QED) is 0.735. The van der Waals surface area contributed by atoms with Crippen molar-refractivity contribution in [2.75, 3.05) is 0 Å². The van der Waals surface area contributed by atoms with Gasteiger partial charge in [-0.1, -0.05) is 19.1 Å². The zero-order valence-electron chi connectivity index (χ0n) is 8.29. The van der Waals surface area contributed by atoms with Crippen LogP contribution in [0.25, 0.3) is 10.9 Å². The summed E-state index contributed by atoms with van der Waals surface area (Å²) in [5.74, 6) is 0.0829. The molecule has 0 saturated heterocycles. The molecule has 0 spiro atoms. The standard InChI is InChI=1S/C11H12N2O/c1-3-10-9-5-4-8(7(2)14)6-11(9)13-12-10/h4-6H,3H2,1-2H3,(H,12,13). The van der Waals surface area contributed by atoms with E-state index < -0.39 is 0 Å². The van der Waals surface area contributed by atoms with Gasteiger partial charge >= 0.3 is 0 Å². The minimum Gasteiger partial charge on any atom is -0.295 e. The molecule has 0 radical (unpaired) electrons. The highest BCUT2D eigenvalue weighted by Crippen LogP contribution is 2.17. The fourth-order valence-corrected chi connectivity index (χ4v) is 1.56. The number of hydrogen-bond acceptors (Lipinski definition) is 2. The topological polar surface area (TPSA) is 45.8 Å². The van der Waals surface area contributed by atoms with Crippen LogP contribution in [0, 0.1) is 0 Å². The lowest BCUT2D eigenvalue weighted by Gasteiger charge is -1.95. The van der Waals surface area contributed by atoms with Crippen molar-refractivity contribution in [1.82, 2.24) is 10.2 Å². The van der Waals surface area contributed by atoms with Crippen LogP contribution < -0.4 is 0 Å². The van der Waals surface area contributed by atoms with Gasteiger partial charge in [0.25, 0.3) is 0 Å². The van der Waals surface area contributed by atoms with Gasteiger partial charge in [-0.05, 0) is 19.4 Å². The van der Waals surface area contributed by atoms with Gasteiger partial charge in [0.15, 0.2) is 5.78 Å². The van der Waals surface area contributed by atoms with Gasteiger partial charge in [0.05, 0.1) is 11.2 Å². The van der Waals surface area contributed by atoms with Crippen LogP contribution in [0.4, 0.5) is 0 Å². The van der Waals surface area contributed by atoms with Crippen molar-refractivity contribution in [2.24, 2.45) is 0 Å². The van der Waals surface area contributed by atoms with Gasteiger partial charge in [0, 0.05) is 10.9 Å². The number of benzene rings is 1. The van der Waals surface area contributed by atoms with E-state index in [1.165, 1.54) is 0 Å². The zero-order chi connectivity index (χ0) is 10.1. The summed E-state index contributed by atoms with van der Waals surface area (Å²) in [5, 5.41) is 8.22. The van der Waals surface area contributed by atoms with Crippen LogP contribution in [0.5, 0.6) is 0 Å². The molecule has 1 N–H and O–H groups in total. The van der Waals surface area contributed by atoms with Crippen LogP contribution in [0.3, 0.4) is 0 Å². The molecule has 14 heavy (non-hydrogen) atoms. The first kappa shape index (κ1) is 8.94. The number of Topliss-reactive ketones (excluding diaryl/α,β-unsaturated/α-hetero) is 1. The fourth-order valence-electron chi connectivity index (χ4n) is 1.56. The fraction of sp³-hybridized carbons (Fsp3) is 0.273. The predicted octanol–water partition coefficient (Wildman–Crippen LogP) is 2.33. The van der Waals surface area contributed by atoms with Crippen molar-refractivity contribution in [3.63, 3.8) is 0 Å². The summed E-state index contributed by atoms with van der Waals surface area (Å²) in [5.41, 5.74) is 2.72. The lowest BCUT2D eigenvalue weighted by Crippen LogP contribution is -1.90. The number of aromatic nitrogens is 2. The molecule has 1 aromatic heterocycles. The molecule has 0 fully saturated rings. The Morgan fingerprint density at radius 1 is 1.50 bits per heavy atom. The molecule has 3 nitrogen and oxygen atoms in total. The van der Waals surface area contributed by atoms with Crippen molar-refractivity contribution in [3.05, 3.63) is 29.5 Å². The molecule has 1 aromatic carbocycles. The average molecular weight is 188 g/mol. The van der Waals surface area contributed by atoms with E-state index in [0.717, 1.165) is 28.6 Å². The van der Waals surface area contributed by atoms with Crippen LogP contribution >= 0.6 is 0 Å². The second-order valence-corrected chi connectivity index (χ2v) is 3.34. The number of H-pyrrole nitrogens is 1. The molecule has 1 heterocycles. The van der Waals surface area contributed by atoms with Crippen molar-refractivity contribution < 1.29 is 4.79 Å². The molecule has 0 saturated carbocycles. The normalized spacial score (nSPS) is 10.7. The molecule has 0 unspecified atom stereocenters. The Morgan fingerprint density at radius 2 is 2.29 bits per heavy atom. The lowest BCUT2D eigenvalue weighted by atomic mass is 10.1. The van der Waals surface area contributed by atoms with Crippen LogP contribution in [-0.2, 0) is 6.42 Å². The summed E-state index contributed by atoms with van der Waals surface area (Å²) in [6.45, 7) is 3.63. The molecule has 2 aromatic rings. The summed E-state index contributed by atoms with van der Waals surface area (Å²) >= 11 is 0. The van der Waals surface area contributed by atoms with E-state index in [1.807, 2.05) is 18.2 Å². The molecule has 0 aliphatic carbocycles. The number of carbonyl (C=O) groups is 1. The summed E-state index contributed by atoms with van der Waals surface area (Å²) in [6.07, 6.45) is 0.902. The number of ketones is 1. The molecule has 72 valence electrons. The third kappa shape index (κ3) is 1.31. The molecule has 0 aliphatic heterocycles. The van der Waals surface area contributed by atoms with E-state index in [-0.39, 0.29) is 5.78 Å². The molecule has 0 amide bonds. The van der Waals surface area contributed by atoms with E-state index in [1.54, 1.807) is 6.92 Å². The molecule has 3 heteroatoms. The Balaban J connectivity index is 2.63. The summed E-state index contributed by atoms with van der Waals surface area (Å²) in [4.78, 5) is 11.1. The Bertz CT molecular complexity index is 485. The Hall–Kier alpha value is -1.64. The van der Waals surface area contributed by atoms with Crippen LogP contribution in [0.1, 0.15) is 29.9 Å². The first-order valence-corrected chi connectivity index (χ1v) is 4.70. The highest BCUT2D eigenvalue weighted by molar-refractivity contribution is 5.98. The molecular formula is C11H12N2O. The van der Waals surface area contributed by atoms with Gasteiger partial charge in [0.2, 0.25) is 0 Å². The Morgan fingerprint density at radius 3 is 2.93 bits per heavy atom. The summed E-state index contributed by atoms with van der Waals surface area (Å²) in [7, 11) is 0. The minimum absolute atomic E-state index is 0.0829. The van der Waals surface area contributed by atoms with Gasteiger partial charge in [0.1, 0.15) is 0 Å². The minimum atomic E-state index is 0.0829. The molecular weight excluding hydrogens is 176 g/mol. The number of aromatic amines is 1. The van der Waals surface area contributed by atoms with E-state index >= 15 is 0 Å². The first-order chi connectivity index (χ1) is 6.72. The van der Waals surface area contributed by atoms with Crippen molar-refractivity contribution >= 4 is 16.7 Å². The van der Waals surface area contributed by atoms with Gasteiger partial charge in [-0.2, -0.15) is 5.10 Å². The molecule has 0 bridgehead atoms. The van der Waals surface area contributed by atoms with Gasteiger partial charge < -0.3 is 0 Å². The van der Waals surface area contributed by atoms with Gasteiger partial charge in [-0.15, -0.1) is 0 Å². The van der Waals surface area contributed by atoms with E-state index in [4.69, 9.17) is 0 Å². The highest BCUT2D eigenvalue weighted by Gasteiger charge is 2.05.